The zero-order chi connectivity index (χ0) is 26.4. The van der Waals surface area contributed by atoms with Crippen LogP contribution in [-0.4, -0.2) is 48.7 Å². The quantitative estimate of drug-likeness (QED) is 0.430. The fourth-order valence-electron chi connectivity index (χ4n) is 5.67. The van der Waals surface area contributed by atoms with Crippen molar-refractivity contribution in [2.24, 2.45) is 0 Å². The van der Waals surface area contributed by atoms with Crippen molar-refractivity contribution < 1.29 is 9.59 Å². The van der Waals surface area contributed by atoms with E-state index in [0.717, 1.165) is 36.2 Å². The molecule has 2 amide bonds. The number of carbonyl (C=O) groups excluding carboxylic acids is 2. The third-order valence-electron chi connectivity index (χ3n) is 7.57. The van der Waals surface area contributed by atoms with E-state index in [9.17, 15) is 9.59 Å². The van der Waals surface area contributed by atoms with E-state index in [2.05, 4.69) is 15.3 Å². The Kier molecular flexibility index (Phi) is 5.76. The lowest BCUT2D eigenvalue weighted by Crippen LogP contribution is -2.41. The number of nitrogen functional groups attached to an aromatic ring is 1. The molecule has 2 atom stereocenters. The van der Waals surface area contributed by atoms with Gasteiger partial charge in [0.05, 0.1) is 11.6 Å². The van der Waals surface area contributed by atoms with Gasteiger partial charge in [0.2, 0.25) is 5.91 Å². The Bertz CT molecular complexity index is 1640. The maximum atomic E-state index is 13.0. The van der Waals surface area contributed by atoms with Gasteiger partial charge in [-0.1, -0.05) is 6.07 Å². The maximum absolute atomic E-state index is 13.0. The van der Waals surface area contributed by atoms with Crippen molar-refractivity contribution in [3.8, 4) is 17.3 Å². The summed E-state index contributed by atoms with van der Waals surface area (Å²) in [7, 11) is 0. The van der Waals surface area contributed by atoms with Crippen molar-refractivity contribution >= 4 is 29.0 Å². The Morgan fingerprint density at radius 3 is 2.84 bits per heavy atom. The standard InChI is InChI=1S/C28H26N8O2/c1-16-12-18(3-6-21(16)28(38)33-22-13-17(14-29)8-9-31-22)24-25-26(30)32-10-11-35(25)27(34-24)19-2-4-20-5-7-23(37)36(20)15-19/h3,6,8-13,19-20H,2,4-5,7,15H2,1H3,(H2,30,32)(H,31,33,38). The molecule has 0 spiro atoms. The van der Waals surface area contributed by atoms with Gasteiger partial charge in [0.1, 0.15) is 28.7 Å². The molecule has 0 aliphatic carbocycles. The summed E-state index contributed by atoms with van der Waals surface area (Å²) in [5.41, 5.74) is 10.2. The van der Waals surface area contributed by atoms with E-state index in [0.29, 0.717) is 53.0 Å². The second-order valence-electron chi connectivity index (χ2n) is 9.89. The monoisotopic (exact) mass is 506 g/mol. The van der Waals surface area contributed by atoms with Gasteiger partial charge in [-0.15, -0.1) is 0 Å². The van der Waals surface area contributed by atoms with E-state index >= 15 is 0 Å². The van der Waals surface area contributed by atoms with Crippen molar-refractivity contribution in [2.75, 3.05) is 17.6 Å². The maximum Gasteiger partial charge on any atom is 0.257 e. The number of carbonyl (C=O) groups is 2. The number of imidazole rings is 1. The topological polar surface area (TPSA) is 142 Å². The normalized spacial score (nSPS) is 18.8. The Morgan fingerprint density at radius 1 is 1.16 bits per heavy atom. The summed E-state index contributed by atoms with van der Waals surface area (Å²) in [5.74, 6) is 1.55. The molecule has 0 radical (unpaired) electrons. The Morgan fingerprint density at radius 2 is 2.03 bits per heavy atom. The molecule has 2 saturated heterocycles. The molecule has 38 heavy (non-hydrogen) atoms. The van der Waals surface area contributed by atoms with E-state index in [4.69, 9.17) is 16.0 Å². The zero-order valence-corrected chi connectivity index (χ0v) is 20.9. The van der Waals surface area contributed by atoms with Crippen LogP contribution in [0.2, 0.25) is 0 Å². The predicted molar refractivity (Wildman–Crippen MR) is 141 cm³/mol. The van der Waals surface area contributed by atoms with Crippen LogP contribution in [0.1, 0.15) is 58.9 Å². The molecule has 5 heterocycles. The molecule has 2 fully saturated rings. The van der Waals surface area contributed by atoms with E-state index in [1.165, 1.54) is 12.3 Å². The highest BCUT2D eigenvalue weighted by atomic mass is 16.2. The zero-order valence-electron chi connectivity index (χ0n) is 20.9. The fourth-order valence-corrected chi connectivity index (χ4v) is 5.67. The van der Waals surface area contributed by atoms with Crippen LogP contribution >= 0.6 is 0 Å². The van der Waals surface area contributed by atoms with Crippen molar-refractivity contribution in [3.05, 3.63) is 71.4 Å². The number of hydrogen-bond acceptors (Lipinski definition) is 7. The number of amides is 2. The van der Waals surface area contributed by atoms with Crippen LogP contribution in [0, 0.1) is 18.3 Å². The molecule has 3 N–H and O–H groups in total. The largest absolute Gasteiger partial charge is 0.382 e. The molecule has 2 unspecified atom stereocenters. The van der Waals surface area contributed by atoms with Crippen LogP contribution < -0.4 is 11.1 Å². The Labute approximate surface area is 219 Å². The number of hydrogen-bond donors (Lipinski definition) is 2. The number of nitrogens with two attached hydrogens (primary N) is 1. The predicted octanol–water partition coefficient (Wildman–Crippen LogP) is 3.67. The number of aromatic nitrogens is 4. The van der Waals surface area contributed by atoms with Crippen LogP contribution in [0.4, 0.5) is 11.6 Å². The number of pyridine rings is 1. The summed E-state index contributed by atoms with van der Waals surface area (Å²) >= 11 is 0. The molecule has 2 aliphatic heterocycles. The summed E-state index contributed by atoms with van der Waals surface area (Å²) in [6, 6.07) is 11.0. The molecular formula is C28H26N8O2. The number of piperidine rings is 1. The molecule has 4 aromatic rings. The highest BCUT2D eigenvalue weighted by Gasteiger charge is 2.38. The number of nitrogens with zero attached hydrogens (tertiary/aromatic N) is 6. The first-order chi connectivity index (χ1) is 18.4. The van der Waals surface area contributed by atoms with Crippen LogP contribution in [0.25, 0.3) is 16.8 Å². The van der Waals surface area contributed by atoms with Gasteiger partial charge < -0.3 is 16.0 Å². The third-order valence-corrected chi connectivity index (χ3v) is 7.57. The second-order valence-corrected chi connectivity index (χ2v) is 9.89. The molecule has 1 aromatic carbocycles. The van der Waals surface area contributed by atoms with Gasteiger partial charge in [-0.3, -0.25) is 14.0 Å². The number of fused-ring (bicyclic) bond motifs is 2. The highest BCUT2D eigenvalue weighted by molar-refractivity contribution is 6.05. The molecular weight excluding hydrogens is 480 g/mol. The molecule has 10 nitrogen and oxygen atoms in total. The fraction of sp³-hybridized carbons (Fsp3) is 0.286. The first kappa shape index (κ1) is 23.6. The second kappa shape index (κ2) is 9.27. The minimum absolute atomic E-state index is 0.0965. The molecule has 0 saturated carbocycles. The average molecular weight is 507 g/mol. The highest BCUT2D eigenvalue weighted by Crippen LogP contribution is 2.38. The summed E-state index contributed by atoms with van der Waals surface area (Å²) in [5, 5.41) is 11.9. The minimum atomic E-state index is -0.319. The first-order valence-corrected chi connectivity index (χ1v) is 12.6. The lowest BCUT2D eigenvalue weighted by atomic mass is 9.92. The van der Waals surface area contributed by atoms with Crippen LogP contribution in [-0.2, 0) is 4.79 Å². The number of benzene rings is 1. The SMILES string of the molecule is Cc1cc(-c2nc(C3CCC4CCC(=O)N4C3)n3ccnc(N)c23)ccc1C(=O)Nc1cc(C#N)ccn1. The lowest BCUT2D eigenvalue weighted by Gasteiger charge is -2.34. The van der Waals surface area contributed by atoms with Gasteiger partial charge in [0, 0.05) is 54.6 Å². The number of rotatable bonds is 4. The van der Waals surface area contributed by atoms with E-state index in [1.807, 2.05) is 40.6 Å². The van der Waals surface area contributed by atoms with Gasteiger partial charge >= 0.3 is 0 Å². The van der Waals surface area contributed by atoms with Crippen molar-refractivity contribution in [2.45, 2.75) is 44.6 Å². The van der Waals surface area contributed by atoms with Gasteiger partial charge in [0.25, 0.3) is 5.91 Å². The average Bonchev–Trinajstić information content (AvgIpc) is 3.50. The molecule has 6 rings (SSSR count). The van der Waals surface area contributed by atoms with E-state index in [1.54, 1.807) is 18.3 Å². The molecule has 190 valence electrons. The smallest absolute Gasteiger partial charge is 0.257 e. The van der Waals surface area contributed by atoms with Crippen molar-refractivity contribution in [1.82, 2.24) is 24.3 Å². The summed E-state index contributed by atoms with van der Waals surface area (Å²) in [4.78, 5) is 40.9. The van der Waals surface area contributed by atoms with Crippen LogP contribution in [0.3, 0.4) is 0 Å². The Hall–Kier alpha value is -4.78. The molecule has 3 aromatic heterocycles. The number of anilines is 2. The summed E-state index contributed by atoms with van der Waals surface area (Å²) in [6.45, 7) is 2.52. The summed E-state index contributed by atoms with van der Waals surface area (Å²) in [6.07, 6.45) is 8.50. The molecule has 10 heteroatoms. The van der Waals surface area contributed by atoms with E-state index in [-0.39, 0.29) is 17.7 Å². The lowest BCUT2D eigenvalue weighted by molar-refractivity contribution is -0.130. The van der Waals surface area contributed by atoms with E-state index < -0.39 is 0 Å². The minimum Gasteiger partial charge on any atom is -0.382 e. The molecule has 2 aliphatic rings. The van der Waals surface area contributed by atoms with Crippen molar-refractivity contribution in [1.29, 1.82) is 5.26 Å². The van der Waals surface area contributed by atoms with Gasteiger partial charge in [-0.25, -0.2) is 15.0 Å². The van der Waals surface area contributed by atoms with Gasteiger partial charge in [-0.05, 0) is 56.0 Å². The van der Waals surface area contributed by atoms with Gasteiger partial charge in [-0.2, -0.15) is 5.26 Å². The number of nitrogens with one attached hydrogen (secondary N) is 1. The van der Waals surface area contributed by atoms with Gasteiger partial charge in [0.15, 0.2) is 0 Å². The van der Waals surface area contributed by atoms with Crippen molar-refractivity contribution in [3.63, 3.8) is 0 Å². The summed E-state index contributed by atoms with van der Waals surface area (Å²) < 4.78 is 1.99. The number of nitriles is 1. The van der Waals surface area contributed by atoms with Crippen LogP contribution in [0.15, 0.2) is 48.9 Å². The Balaban J connectivity index is 1.34. The number of aryl methyl sites for hydroxylation is 1. The first-order valence-electron chi connectivity index (χ1n) is 12.6. The third kappa shape index (κ3) is 4.02. The van der Waals surface area contributed by atoms with Crippen LogP contribution in [0.5, 0.6) is 0 Å². The molecule has 0 bridgehead atoms.